The molecule has 1 atom stereocenters. The summed E-state index contributed by atoms with van der Waals surface area (Å²) >= 11 is 2.80. The number of hydrogen-bond donors (Lipinski definition) is 1. The number of amides is 1. The molecule has 6 nitrogen and oxygen atoms in total. The lowest BCUT2D eigenvalue weighted by Gasteiger charge is -2.14. The second-order valence-corrected chi connectivity index (χ2v) is 6.04. The molecule has 112 valence electrons. The summed E-state index contributed by atoms with van der Waals surface area (Å²) in [6, 6.07) is 7.10. The van der Waals surface area contributed by atoms with Crippen molar-refractivity contribution in [3.05, 3.63) is 24.3 Å². The largest absolute Gasteiger partial charge is 0.497 e. The summed E-state index contributed by atoms with van der Waals surface area (Å²) in [5.41, 5.74) is 0. The van der Waals surface area contributed by atoms with Crippen molar-refractivity contribution < 1.29 is 14.3 Å². The molecule has 21 heavy (non-hydrogen) atoms. The number of nitrogens with one attached hydrogen (secondary N) is 1. The summed E-state index contributed by atoms with van der Waals surface area (Å²) in [7, 11) is 1.58. The van der Waals surface area contributed by atoms with Crippen LogP contribution in [0.1, 0.15) is 6.92 Å². The van der Waals surface area contributed by atoms with Crippen molar-refractivity contribution in [1.82, 2.24) is 10.2 Å². The van der Waals surface area contributed by atoms with Crippen LogP contribution >= 0.6 is 23.1 Å². The number of thioether (sulfide) groups is 1. The molecule has 2 aromatic rings. The molecular formula is C13H15N3O3S2. The molecule has 0 aliphatic carbocycles. The molecule has 1 aromatic carbocycles. The van der Waals surface area contributed by atoms with Crippen molar-refractivity contribution in [1.29, 1.82) is 0 Å². The molecule has 1 N–H and O–H groups in total. The van der Waals surface area contributed by atoms with E-state index in [1.807, 2.05) is 12.3 Å². The Labute approximate surface area is 130 Å². The van der Waals surface area contributed by atoms with Crippen molar-refractivity contribution in [3.8, 4) is 11.5 Å². The average Bonchev–Trinajstić information content (AvgIpc) is 2.95. The number of ether oxygens (including phenoxy) is 2. The van der Waals surface area contributed by atoms with Gasteiger partial charge in [-0.15, -0.1) is 10.2 Å². The molecular weight excluding hydrogens is 310 g/mol. The summed E-state index contributed by atoms with van der Waals surface area (Å²) in [6.07, 6.45) is 1.25. The van der Waals surface area contributed by atoms with Crippen molar-refractivity contribution in [3.63, 3.8) is 0 Å². The molecule has 0 radical (unpaired) electrons. The number of carbonyl (C=O) groups excluding carboxylic acids is 1. The van der Waals surface area contributed by atoms with E-state index in [9.17, 15) is 4.79 Å². The highest BCUT2D eigenvalue weighted by molar-refractivity contribution is 8.00. The van der Waals surface area contributed by atoms with Crippen molar-refractivity contribution in [2.45, 2.75) is 17.4 Å². The van der Waals surface area contributed by atoms with Gasteiger partial charge in [0.1, 0.15) is 11.5 Å². The van der Waals surface area contributed by atoms with Crippen molar-refractivity contribution in [2.24, 2.45) is 0 Å². The minimum absolute atomic E-state index is 0.276. The van der Waals surface area contributed by atoms with Crippen LogP contribution in [0.5, 0.6) is 11.5 Å². The molecule has 0 spiro atoms. The highest BCUT2D eigenvalue weighted by Gasteiger charge is 2.17. The van der Waals surface area contributed by atoms with E-state index in [2.05, 4.69) is 15.5 Å². The van der Waals surface area contributed by atoms with Gasteiger partial charge in [0.2, 0.25) is 5.13 Å². The lowest BCUT2D eigenvalue weighted by atomic mass is 10.3. The first-order valence-electron chi connectivity index (χ1n) is 6.11. The van der Waals surface area contributed by atoms with E-state index >= 15 is 0 Å². The van der Waals surface area contributed by atoms with E-state index in [4.69, 9.17) is 9.47 Å². The SMILES string of the molecule is COc1cccc(O[C@H](C)C(=O)Nc2nnc(SC)s2)c1. The van der Waals surface area contributed by atoms with Gasteiger partial charge in [0, 0.05) is 6.07 Å². The minimum Gasteiger partial charge on any atom is -0.497 e. The van der Waals surface area contributed by atoms with Crippen LogP contribution in [0.4, 0.5) is 5.13 Å². The third-order valence-corrected chi connectivity index (χ3v) is 4.35. The van der Waals surface area contributed by atoms with Crippen LogP contribution in [0.3, 0.4) is 0 Å². The monoisotopic (exact) mass is 325 g/mol. The van der Waals surface area contributed by atoms with Crippen LogP contribution < -0.4 is 14.8 Å². The Morgan fingerprint density at radius 1 is 1.38 bits per heavy atom. The molecule has 0 fully saturated rings. The van der Waals surface area contributed by atoms with E-state index in [1.165, 1.54) is 23.1 Å². The Bertz CT molecular complexity index is 618. The van der Waals surface area contributed by atoms with E-state index < -0.39 is 6.10 Å². The molecule has 0 unspecified atom stereocenters. The number of benzene rings is 1. The zero-order valence-electron chi connectivity index (χ0n) is 11.8. The van der Waals surface area contributed by atoms with Gasteiger partial charge in [-0.25, -0.2) is 0 Å². The van der Waals surface area contributed by atoms with Crippen LogP contribution in [0.25, 0.3) is 0 Å². The fourth-order valence-electron chi connectivity index (χ4n) is 1.48. The Morgan fingerprint density at radius 3 is 2.81 bits per heavy atom. The van der Waals surface area contributed by atoms with Crippen LogP contribution in [0, 0.1) is 0 Å². The number of rotatable bonds is 6. The first kappa shape index (κ1) is 15.6. The summed E-state index contributed by atoms with van der Waals surface area (Å²) < 4.78 is 11.5. The smallest absolute Gasteiger partial charge is 0.266 e. The molecule has 1 heterocycles. The number of methoxy groups -OCH3 is 1. The lowest BCUT2D eigenvalue weighted by Crippen LogP contribution is -2.30. The van der Waals surface area contributed by atoms with Crippen LogP contribution in [0.2, 0.25) is 0 Å². The zero-order chi connectivity index (χ0) is 15.2. The predicted molar refractivity (Wildman–Crippen MR) is 83.4 cm³/mol. The van der Waals surface area contributed by atoms with Gasteiger partial charge in [0.15, 0.2) is 10.4 Å². The quantitative estimate of drug-likeness (QED) is 0.650. The third-order valence-electron chi connectivity index (χ3n) is 2.53. The summed E-state index contributed by atoms with van der Waals surface area (Å²) in [6.45, 7) is 1.67. The fraction of sp³-hybridized carbons (Fsp3) is 0.308. The molecule has 2 rings (SSSR count). The zero-order valence-corrected chi connectivity index (χ0v) is 13.5. The summed E-state index contributed by atoms with van der Waals surface area (Å²) in [4.78, 5) is 12.0. The molecule has 1 amide bonds. The molecule has 8 heteroatoms. The Morgan fingerprint density at radius 2 is 2.14 bits per heavy atom. The van der Waals surface area contributed by atoms with Gasteiger partial charge in [-0.3, -0.25) is 10.1 Å². The normalized spacial score (nSPS) is 11.8. The predicted octanol–water partition coefficient (Wildman–Crippen LogP) is 2.67. The highest BCUT2D eigenvalue weighted by Crippen LogP contribution is 2.24. The summed E-state index contributed by atoms with van der Waals surface area (Å²) in [5, 5.41) is 10.9. The highest BCUT2D eigenvalue weighted by atomic mass is 32.2. The van der Waals surface area contributed by atoms with Gasteiger partial charge in [-0.2, -0.15) is 0 Å². The third kappa shape index (κ3) is 4.33. The first-order chi connectivity index (χ1) is 10.1. The van der Waals surface area contributed by atoms with E-state index in [0.717, 1.165) is 4.34 Å². The lowest BCUT2D eigenvalue weighted by molar-refractivity contribution is -0.122. The maximum Gasteiger partial charge on any atom is 0.266 e. The van der Waals surface area contributed by atoms with Gasteiger partial charge in [0.05, 0.1) is 7.11 Å². The van der Waals surface area contributed by atoms with Crippen LogP contribution in [0.15, 0.2) is 28.6 Å². The Kier molecular flexibility index (Phi) is 5.40. The molecule has 0 bridgehead atoms. The topological polar surface area (TPSA) is 73.3 Å². The molecule has 0 saturated carbocycles. The van der Waals surface area contributed by atoms with Crippen LogP contribution in [-0.4, -0.2) is 35.6 Å². The van der Waals surface area contributed by atoms with Gasteiger partial charge in [-0.1, -0.05) is 29.2 Å². The molecule has 1 aromatic heterocycles. The fourth-order valence-corrected chi connectivity index (χ4v) is 2.65. The average molecular weight is 325 g/mol. The van der Waals surface area contributed by atoms with Gasteiger partial charge < -0.3 is 9.47 Å². The van der Waals surface area contributed by atoms with Crippen molar-refractivity contribution >= 4 is 34.1 Å². The number of aromatic nitrogens is 2. The van der Waals surface area contributed by atoms with E-state index in [-0.39, 0.29) is 5.91 Å². The van der Waals surface area contributed by atoms with Crippen molar-refractivity contribution in [2.75, 3.05) is 18.7 Å². The molecule has 0 saturated heterocycles. The first-order valence-corrected chi connectivity index (χ1v) is 8.15. The standard InChI is InChI=1S/C13H15N3O3S2/c1-8(19-10-6-4-5-9(7-10)18-2)11(17)14-12-15-16-13(20-3)21-12/h4-8H,1-3H3,(H,14,15,17)/t8-/m1/s1. The van der Waals surface area contributed by atoms with Crippen LogP contribution in [-0.2, 0) is 4.79 Å². The second kappa shape index (κ2) is 7.28. The number of hydrogen-bond acceptors (Lipinski definition) is 7. The second-order valence-electron chi connectivity index (χ2n) is 4.01. The minimum atomic E-state index is -0.654. The number of anilines is 1. The Hall–Kier alpha value is -1.80. The molecule has 0 aliphatic heterocycles. The maximum atomic E-state index is 12.0. The maximum absolute atomic E-state index is 12.0. The molecule has 0 aliphatic rings. The van der Waals surface area contributed by atoms with E-state index in [0.29, 0.717) is 16.6 Å². The van der Waals surface area contributed by atoms with E-state index in [1.54, 1.807) is 32.2 Å². The van der Waals surface area contributed by atoms with Gasteiger partial charge in [-0.05, 0) is 25.3 Å². The summed E-state index contributed by atoms with van der Waals surface area (Å²) in [5.74, 6) is 0.967. The van der Waals surface area contributed by atoms with Gasteiger partial charge >= 0.3 is 0 Å². The van der Waals surface area contributed by atoms with Gasteiger partial charge in [0.25, 0.3) is 5.91 Å². The number of nitrogens with zero attached hydrogens (tertiary/aromatic N) is 2. The number of carbonyl (C=O) groups is 1. The Balaban J connectivity index is 1.95.